The standard InChI is InChI=1S/C18H16O2/c19-18(20-15-17-12-5-2-6-13-17)14-8-7-11-16-9-3-1-4-10-16/h1-7,9-10,12-14H,11,15H2. The van der Waals surface area contributed by atoms with E-state index in [1.165, 1.54) is 11.6 Å². The van der Waals surface area contributed by atoms with Crippen LogP contribution in [0, 0.1) is 0 Å². The van der Waals surface area contributed by atoms with Crippen molar-refractivity contribution in [1.29, 1.82) is 0 Å². The molecule has 0 atom stereocenters. The van der Waals surface area contributed by atoms with Crippen molar-refractivity contribution in [3.05, 3.63) is 89.7 Å². The zero-order valence-electron chi connectivity index (χ0n) is 11.2. The zero-order valence-corrected chi connectivity index (χ0v) is 11.2. The molecule has 0 saturated heterocycles. The minimum atomic E-state index is -0.377. The average molecular weight is 264 g/mol. The van der Waals surface area contributed by atoms with Crippen molar-refractivity contribution in [3.8, 4) is 0 Å². The summed E-state index contributed by atoms with van der Waals surface area (Å²) >= 11 is 0. The van der Waals surface area contributed by atoms with E-state index in [-0.39, 0.29) is 12.6 Å². The van der Waals surface area contributed by atoms with Gasteiger partial charge in [0.05, 0.1) is 6.08 Å². The monoisotopic (exact) mass is 264 g/mol. The number of carbonyl (C=O) groups excluding carboxylic acids is 1. The Morgan fingerprint density at radius 3 is 2.20 bits per heavy atom. The van der Waals surface area contributed by atoms with Crippen molar-refractivity contribution in [1.82, 2.24) is 0 Å². The molecule has 100 valence electrons. The normalized spacial score (nSPS) is 9.40. The SMILES string of the molecule is O=C(C=C=CCc1ccccc1)OCc1ccccc1. The number of benzene rings is 2. The number of esters is 1. The first-order valence-corrected chi connectivity index (χ1v) is 6.50. The van der Waals surface area contributed by atoms with E-state index in [1.807, 2.05) is 66.7 Å². The van der Waals surface area contributed by atoms with Crippen LogP contribution in [0.15, 0.2) is 78.5 Å². The molecular weight excluding hydrogens is 248 g/mol. The number of rotatable bonds is 5. The Kier molecular flexibility index (Phi) is 5.39. The molecule has 0 radical (unpaired) electrons. The molecule has 2 nitrogen and oxygen atoms in total. The topological polar surface area (TPSA) is 26.3 Å². The predicted molar refractivity (Wildman–Crippen MR) is 79.0 cm³/mol. The summed E-state index contributed by atoms with van der Waals surface area (Å²) in [6.07, 6.45) is 3.90. The number of hydrogen-bond donors (Lipinski definition) is 0. The molecule has 0 aliphatic rings. The molecule has 0 amide bonds. The van der Waals surface area contributed by atoms with E-state index in [0.29, 0.717) is 0 Å². The minimum Gasteiger partial charge on any atom is -0.457 e. The second kappa shape index (κ2) is 7.78. The molecule has 2 rings (SSSR count). The van der Waals surface area contributed by atoms with E-state index in [4.69, 9.17) is 4.74 Å². The molecule has 0 aromatic heterocycles. The maximum atomic E-state index is 11.5. The molecule has 0 fully saturated rings. The summed E-state index contributed by atoms with van der Waals surface area (Å²) in [5.41, 5.74) is 5.01. The molecule has 0 spiro atoms. The molecule has 0 aliphatic heterocycles. The minimum absolute atomic E-state index is 0.288. The Balaban J connectivity index is 1.78. The molecular formula is C18H16O2. The van der Waals surface area contributed by atoms with E-state index in [2.05, 4.69) is 5.73 Å². The Labute approximate surface area is 119 Å². The second-order valence-electron chi connectivity index (χ2n) is 4.30. The number of hydrogen-bond acceptors (Lipinski definition) is 2. The van der Waals surface area contributed by atoms with E-state index >= 15 is 0 Å². The summed E-state index contributed by atoms with van der Waals surface area (Å²) in [5, 5.41) is 0. The van der Waals surface area contributed by atoms with Crippen molar-refractivity contribution < 1.29 is 9.53 Å². The van der Waals surface area contributed by atoms with Crippen LogP contribution >= 0.6 is 0 Å². The van der Waals surface area contributed by atoms with Crippen molar-refractivity contribution >= 4 is 5.97 Å². The first-order valence-electron chi connectivity index (χ1n) is 6.50. The lowest BCUT2D eigenvalue weighted by Gasteiger charge is -2.00. The smallest absolute Gasteiger partial charge is 0.338 e. The Morgan fingerprint density at radius 1 is 0.950 bits per heavy atom. The van der Waals surface area contributed by atoms with Crippen molar-refractivity contribution in [2.45, 2.75) is 13.0 Å². The summed E-state index contributed by atoms with van der Waals surface area (Å²) in [6, 6.07) is 19.6. The molecule has 0 bridgehead atoms. The van der Waals surface area contributed by atoms with E-state index in [1.54, 1.807) is 0 Å². The van der Waals surface area contributed by atoms with Crippen molar-refractivity contribution in [3.63, 3.8) is 0 Å². The third-order valence-corrected chi connectivity index (χ3v) is 2.72. The lowest BCUT2D eigenvalue weighted by atomic mass is 10.1. The van der Waals surface area contributed by atoms with Gasteiger partial charge < -0.3 is 4.74 Å². The van der Waals surface area contributed by atoms with Crippen molar-refractivity contribution in [2.24, 2.45) is 0 Å². The number of carbonyl (C=O) groups is 1. The molecule has 2 heteroatoms. The molecule has 2 aromatic carbocycles. The highest BCUT2D eigenvalue weighted by Gasteiger charge is 1.96. The van der Waals surface area contributed by atoms with Crippen LogP contribution in [0.2, 0.25) is 0 Å². The van der Waals surface area contributed by atoms with Gasteiger partial charge in [0, 0.05) is 0 Å². The molecule has 20 heavy (non-hydrogen) atoms. The first-order chi connectivity index (χ1) is 9.84. The van der Waals surface area contributed by atoms with E-state index < -0.39 is 0 Å². The van der Waals surface area contributed by atoms with Crippen LogP contribution in [-0.2, 0) is 22.6 Å². The fourth-order valence-corrected chi connectivity index (χ4v) is 1.69. The fourth-order valence-electron chi connectivity index (χ4n) is 1.69. The van der Waals surface area contributed by atoms with E-state index in [0.717, 1.165) is 12.0 Å². The van der Waals surface area contributed by atoms with Gasteiger partial charge in [-0.1, -0.05) is 60.7 Å². The molecule has 0 saturated carbocycles. The molecule has 0 N–H and O–H groups in total. The van der Waals surface area contributed by atoms with Gasteiger partial charge in [-0.25, -0.2) is 4.79 Å². The number of ether oxygens (including phenoxy) is 1. The van der Waals surface area contributed by atoms with Crippen LogP contribution < -0.4 is 0 Å². The molecule has 0 aliphatic carbocycles. The lowest BCUT2D eigenvalue weighted by Crippen LogP contribution is -1.99. The third kappa shape index (κ3) is 4.97. The van der Waals surface area contributed by atoms with Gasteiger partial charge in [-0.2, -0.15) is 0 Å². The fraction of sp³-hybridized carbons (Fsp3) is 0.111. The maximum Gasteiger partial charge on any atom is 0.338 e. The first kappa shape index (κ1) is 13.9. The summed E-state index contributed by atoms with van der Waals surface area (Å²) < 4.78 is 5.10. The van der Waals surface area contributed by atoms with Gasteiger partial charge in [0.15, 0.2) is 0 Å². The van der Waals surface area contributed by atoms with Crippen LogP contribution in [-0.4, -0.2) is 5.97 Å². The summed E-state index contributed by atoms with van der Waals surface area (Å²) in [4.78, 5) is 11.5. The largest absolute Gasteiger partial charge is 0.457 e. The molecule has 2 aromatic rings. The van der Waals surface area contributed by atoms with Crippen molar-refractivity contribution in [2.75, 3.05) is 0 Å². The predicted octanol–water partition coefficient (Wildman–Crippen LogP) is 3.68. The van der Waals surface area contributed by atoms with Gasteiger partial charge in [0.2, 0.25) is 0 Å². The van der Waals surface area contributed by atoms with Gasteiger partial charge in [-0.15, -0.1) is 5.73 Å². The average Bonchev–Trinajstić information content (AvgIpc) is 2.52. The highest BCUT2D eigenvalue weighted by molar-refractivity contribution is 5.81. The Morgan fingerprint density at radius 2 is 1.55 bits per heavy atom. The van der Waals surface area contributed by atoms with Gasteiger partial charge >= 0.3 is 5.97 Å². The van der Waals surface area contributed by atoms with E-state index in [9.17, 15) is 4.79 Å². The zero-order chi connectivity index (χ0) is 14.0. The second-order valence-corrected chi connectivity index (χ2v) is 4.30. The lowest BCUT2D eigenvalue weighted by molar-refractivity contribution is -0.138. The van der Waals surface area contributed by atoms with Crippen LogP contribution in [0.3, 0.4) is 0 Å². The van der Waals surface area contributed by atoms with Crippen LogP contribution in [0.1, 0.15) is 11.1 Å². The molecule has 0 heterocycles. The molecule has 0 unspecified atom stereocenters. The highest BCUT2D eigenvalue weighted by atomic mass is 16.5. The van der Waals surface area contributed by atoms with Crippen LogP contribution in [0.25, 0.3) is 0 Å². The maximum absolute atomic E-state index is 11.5. The Bertz CT molecular complexity index is 594. The van der Waals surface area contributed by atoms with Gasteiger partial charge in [0.25, 0.3) is 0 Å². The summed E-state index contributed by atoms with van der Waals surface area (Å²) in [6.45, 7) is 0.288. The Hall–Kier alpha value is -2.57. The summed E-state index contributed by atoms with van der Waals surface area (Å²) in [5.74, 6) is -0.377. The van der Waals surface area contributed by atoms with Crippen LogP contribution in [0.5, 0.6) is 0 Å². The highest BCUT2D eigenvalue weighted by Crippen LogP contribution is 2.01. The summed E-state index contributed by atoms with van der Waals surface area (Å²) in [7, 11) is 0. The van der Waals surface area contributed by atoms with Gasteiger partial charge in [0.1, 0.15) is 6.61 Å². The van der Waals surface area contributed by atoms with Gasteiger partial charge in [-0.3, -0.25) is 0 Å². The third-order valence-electron chi connectivity index (χ3n) is 2.72. The van der Waals surface area contributed by atoms with Crippen LogP contribution in [0.4, 0.5) is 0 Å². The quantitative estimate of drug-likeness (QED) is 0.468. The van der Waals surface area contributed by atoms with Gasteiger partial charge in [-0.05, 0) is 23.6 Å².